The molecule has 0 fully saturated rings. The summed E-state index contributed by atoms with van der Waals surface area (Å²) in [6.07, 6.45) is 0. The lowest BCUT2D eigenvalue weighted by atomic mass is 10.1. The lowest BCUT2D eigenvalue weighted by Gasteiger charge is -2.08. The smallest absolute Gasteiger partial charge is 0.166 e. The maximum Gasteiger partial charge on any atom is 0.166 e. The van der Waals surface area contributed by atoms with E-state index in [1.54, 1.807) is 36.4 Å². The molecule has 0 unspecified atom stereocenters. The van der Waals surface area contributed by atoms with Gasteiger partial charge in [0.2, 0.25) is 0 Å². The van der Waals surface area contributed by atoms with E-state index in [1.807, 2.05) is 18.2 Å². The molecule has 0 heterocycles. The van der Waals surface area contributed by atoms with Crippen LogP contribution in [0.4, 0.5) is 8.78 Å². The first-order chi connectivity index (χ1) is 10.2. The van der Waals surface area contributed by atoms with Crippen molar-refractivity contribution in [2.24, 2.45) is 0 Å². The molecule has 3 rings (SSSR count). The Hall–Kier alpha value is -2.68. The van der Waals surface area contributed by atoms with E-state index in [1.165, 1.54) is 18.2 Å². The third kappa shape index (κ3) is 3.08. The zero-order valence-corrected chi connectivity index (χ0v) is 11.1. The van der Waals surface area contributed by atoms with Crippen LogP contribution in [-0.2, 0) is 0 Å². The summed E-state index contributed by atoms with van der Waals surface area (Å²) in [6, 6.07) is 19.6. The molecule has 3 aromatic rings. The highest BCUT2D eigenvalue weighted by molar-refractivity contribution is 5.64. The van der Waals surface area contributed by atoms with Gasteiger partial charge in [-0.2, -0.15) is 0 Å². The Morgan fingerprint density at radius 2 is 1.43 bits per heavy atom. The van der Waals surface area contributed by atoms with Gasteiger partial charge in [-0.1, -0.05) is 36.4 Å². The first-order valence-corrected chi connectivity index (χ1v) is 6.51. The molecule has 0 saturated carbocycles. The van der Waals surface area contributed by atoms with Crippen LogP contribution in [0.3, 0.4) is 0 Å². The second-order valence-electron chi connectivity index (χ2n) is 4.57. The van der Waals surface area contributed by atoms with Crippen LogP contribution in [0.1, 0.15) is 0 Å². The summed E-state index contributed by atoms with van der Waals surface area (Å²) < 4.78 is 32.8. The Balaban J connectivity index is 1.90. The average Bonchev–Trinajstić information content (AvgIpc) is 2.50. The zero-order chi connectivity index (χ0) is 14.7. The summed E-state index contributed by atoms with van der Waals surface area (Å²) in [5.41, 5.74) is 1.23. The minimum Gasteiger partial charge on any atom is -0.454 e. The van der Waals surface area contributed by atoms with Gasteiger partial charge >= 0.3 is 0 Å². The predicted molar refractivity (Wildman–Crippen MR) is 78.3 cm³/mol. The Morgan fingerprint density at radius 1 is 0.667 bits per heavy atom. The molecule has 0 bridgehead atoms. The van der Waals surface area contributed by atoms with Crippen LogP contribution in [-0.4, -0.2) is 0 Å². The molecule has 21 heavy (non-hydrogen) atoms. The van der Waals surface area contributed by atoms with Crippen LogP contribution in [0.2, 0.25) is 0 Å². The van der Waals surface area contributed by atoms with Gasteiger partial charge in [-0.05, 0) is 47.5 Å². The highest BCUT2D eigenvalue weighted by atomic mass is 19.1. The summed E-state index contributed by atoms with van der Waals surface area (Å²) in [7, 11) is 0. The van der Waals surface area contributed by atoms with Gasteiger partial charge in [0.15, 0.2) is 11.6 Å². The molecule has 0 radical (unpaired) electrons. The molecule has 0 aliphatic carbocycles. The highest BCUT2D eigenvalue weighted by Gasteiger charge is 2.07. The van der Waals surface area contributed by atoms with E-state index < -0.39 is 5.82 Å². The molecule has 0 aromatic heterocycles. The summed E-state index contributed by atoms with van der Waals surface area (Å²) in [5.74, 6) is -0.130. The van der Waals surface area contributed by atoms with E-state index in [0.29, 0.717) is 16.9 Å². The van der Waals surface area contributed by atoms with Crippen molar-refractivity contribution < 1.29 is 13.5 Å². The highest BCUT2D eigenvalue weighted by Crippen LogP contribution is 2.29. The minimum absolute atomic E-state index is 0.140. The lowest BCUT2D eigenvalue weighted by molar-refractivity contribution is 0.442. The number of hydrogen-bond donors (Lipinski definition) is 0. The van der Waals surface area contributed by atoms with E-state index in [0.717, 1.165) is 0 Å². The van der Waals surface area contributed by atoms with Gasteiger partial charge in [0, 0.05) is 0 Å². The molecule has 104 valence electrons. The number of benzene rings is 3. The van der Waals surface area contributed by atoms with Crippen molar-refractivity contribution in [2.45, 2.75) is 0 Å². The lowest BCUT2D eigenvalue weighted by Crippen LogP contribution is -1.89. The van der Waals surface area contributed by atoms with Crippen molar-refractivity contribution in [1.29, 1.82) is 0 Å². The number of halogens is 2. The third-order valence-corrected chi connectivity index (χ3v) is 3.06. The number of ether oxygens (including phenoxy) is 1. The van der Waals surface area contributed by atoms with Crippen molar-refractivity contribution >= 4 is 0 Å². The number of hydrogen-bond acceptors (Lipinski definition) is 1. The first kappa shape index (κ1) is 13.3. The maximum absolute atomic E-state index is 14.1. The SMILES string of the molecule is Fc1cccc(-c2ccc(Oc3ccccc3)c(F)c2)c1. The van der Waals surface area contributed by atoms with Gasteiger partial charge in [0.1, 0.15) is 11.6 Å². The Kier molecular flexibility index (Phi) is 3.65. The normalized spacial score (nSPS) is 10.4. The second kappa shape index (κ2) is 5.75. The predicted octanol–water partition coefficient (Wildman–Crippen LogP) is 5.42. The first-order valence-electron chi connectivity index (χ1n) is 6.51. The molecule has 0 aliphatic rings. The summed E-state index contributed by atoms with van der Waals surface area (Å²) in [6.45, 7) is 0. The molecule has 0 atom stereocenters. The van der Waals surface area contributed by atoms with Crippen molar-refractivity contribution in [3.05, 3.63) is 84.4 Å². The number of para-hydroxylation sites is 1. The van der Waals surface area contributed by atoms with Gasteiger partial charge in [0.25, 0.3) is 0 Å². The van der Waals surface area contributed by atoms with Crippen molar-refractivity contribution in [2.75, 3.05) is 0 Å². The van der Waals surface area contributed by atoms with Crippen molar-refractivity contribution in [3.8, 4) is 22.6 Å². The van der Waals surface area contributed by atoms with E-state index in [-0.39, 0.29) is 11.6 Å². The molecule has 0 spiro atoms. The maximum atomic E-state index is 14.1. The zero-order valence-electron chi connectivity index (χ0n) is 11.1. The number of rotatable bonds is 3. The monoisotopic (exact) mass is 282 g/mol. The molecule has 0 aliphatic heterocycles. The van der Waals surface area contributed by atoms with Crippen LogP contribution >= 0.6 is 0 Å². The van der Waals surface area contributed by atoms with Crippen molar-refractivity contribution in [1.82, 2.24) is 0 Å². The van der Waals surface area contributed by atoms with Gasteiger partial charge in [-0.15, -0.1) is 0 Å². The summed E-state index contributed by atoms with van der Waals surface area (Å²) >= 11 is 0. The molecule has 0 amide bonds. The molecular weight excluding hydrogens is 270 g/mol. The molecule has 0 N–H and O–H groups in total. The Labute approximate surface area is 121 Å². The van der Waals surface area contributed by atoms with Gasteiger partial charge in [-0.3, -0.25) is 0 Å². The fraction of sp³-hybridized carbons (Fsp3) is 0. The molecule has 3 aromatic carbocycles. The van der Waals surface area contributed by atoms with E-state index >= 15 is 0 Å². The average molecular weight is 282 g/mol. The molecular formula is C18H12F2O. The van der Waals surface area contributed by atoms with Crippen LogP contribution in [0.15, 0.2) is 72.8 Å². The van der Waals surface area contributed by atoms with Crippen LogP contribution in [0.25, 0.3) is 11.1 Å². The summed E-state index contributed by atoms with van der Waals surface area (Å²) in [5, 5.41) is 0. The quantitative estimate of drug-likeness (QED) is 0.623. The van der Waals surface area contributed by atoms with Gasteiger partial charge < -0.3 is 4.74 Å². The Morgan fingerprint density at radius 3 is 2.14 bits per heavy atom. The summed E-state index contributed by atoms with van der Waals surface area (Å²) in [4.78, 5) is 0. The van der Waals surface area contributed by atoms with Gasteiger partial charge in [0.05, 0.1) is 0 Å². The van der Waals surface area contributed by atoms with Crippen LogP contribution < -0.4 is 4.74 Å². The second-order valence-corrected chi connectivity index (χ2v) is 4.57. The molecule has 0 saturated heterocycles. The fourth-order valence-corrected chi connectivity index (χ4v) is 2.05. The Bertz CT molecular complexity index is 754. The van der Waals surface area contributed by atoms with E-state index in [4.69, 9.17) is 4.74 Å². The van der Waals surface area contributed by atoms with Gasteiger partial charge in [-0.25, -0.2) is 8.78 Å². The van der Waals surface area contributed by atoms with E-state index in [2.05, 4.69) is 0 Å². The topological polar surface area (TPSA) is 9.23 Å². The standard InChI is InChI=1S/C18H12F2O/c19-15-6-4-5-13(11-15)14-9-10-18(17(20)12-14)21-16-7-2-1-3-8-16/h1-12H. The minimum atomic E-state index is -0.486. The van der Waals surface area contributed by atoms with Crippen LogP contribution in [0.5, 0.6) is 11.5 Å². The van der Waals surface area contributed by atoms with Crippen LogP contribution in [0, 0.1) is 11.6 Å². The van der Waals surface area contributed by atoms with Crippen molar-refractivity contribution in [3.63, 3.8) is 0 Å². The largest absolute Gasteiger partial charge is 0.454 e. The molecule has 1 nitrogen and oxygen atoms in total. The third-order valence-electron chi connectivity index (χ3n) is 3.06. The molecule has 3 heteroatoms. The fourth-order valence-electron chi connectivity index (χ4n) is 2.05. The van der Waals surface area contributed by atoms with E-state index in [9.17, 15) is 8.78 Å².